The van der Waals surface area contributed by atoms with Crippen molar-refractivity contribution >= 4 is 40.1 Å². The Morgan fingerprint density at radius 2 is 1.81 bits per heavy atom. The Labute approximate surface area is 211 Å². The molecule has 0 aliphatic carbocycles. The third kappa shape index (κ3) is 5.12. The number of para-hydroxylation sites is 1. The summed E-state index contributed by atoms with van der Waals surface area (Å²) in [4.78, 5) is 44.5. The van der Waals surface area contributed by atoms with Crippen molar-refractivity contribution in [3.8, 4) is 0 Å². The molecule has 2 aliphatic rings. The summed E-state index contributed by atoms with van der Waals surface area (Å²) in [6.07, 6.45) is -0.652. The third-order valence-electron chi connectivity index (χ3n) is 6.37. The van der Waals surface area contributed by atoms with Crippen LogP contribution in [0.2, 0.25) is 0 Å². The minimum Gasteiger partial charge on any atom is -0.451 e. The van der Waals surface area contributed by atoms with Crippen LogP contribution in [0.1, 0.15) is 30.3 Å². The molecule has 37 heavy (non-hydrogen) atoms. The molecule has 9 nitrogen and oxygen atoms in total. The summed E-state index contributed by atoms with van der Waals surface area (Å²) in [5.74, 6) is -2.12. The number of hydrogen-bond donors (Lipinski definition) is 0. The van der Waals surface area contributed by atoms with E-state index in [0.717, 1.165) is 27.5 Å². The van der Waals surface area contributed by atoms with Gasteiger partial charge in [-0.2, -0.15) is 0 Å². The number of halogens is 2. The van der Waals surface area contributed by atoms with Crippen LogP contribution in [0.4, 0.5) is 25.0 Å². The number of ether oxygens (including phenoxy) is 1. The Balaban J connectivity index is 1.28. The van der Waals surface area contributed by atoms with E-state index in [0.29, 0.717) is 12.0 Å². The van der Waals surface area contributed by atoms with Crippen molar-refractivity contribution in [1.82, 2.24) is 5.06 Å². The molecule has 2 fully saturated rings. The first-order valence-corrected chi connectivity index (χ1v) is 11.9. The molecule has 3 aromatic rings. The first-order valence-electron chi connectivity index (χ1n) is 11.9. The van der Waals surface area contributed by atoms with Gasteiger partial charge in [0.05, 0.1) is 25.4 Å². The maximum Gasteiger partial charge on any atom is 0.414 e. The van der Waals surface area contributed by atoms with Crippen LogP contribution in [0.15, 0.2) is 46.9 Å². The number of fused-ring (bicyclic) bond motifs is 1. The number of rotatable bonds is 6. The van der Waals surface area contributed by atoms with Crippen LogP contribution >= 0.6 is 0 Å². The normalized spacial score (nSPS) is 18.3. The summed E-state index contributed by atoms with van der Waals surface area (Å²) in [6, 6.07) is 11.0. The molecule has 2 amide bonds. The number of hydrogen-bond acceptors (Lipinski definition) is 7. The van der Waals surface area contributed by atoms with Crippen LogP contribution in [0.5, 0.6) is 0 Å². The summed E-state index contributed by atoms with van der Waals surface area (Å²) in [6.45, 7) is 1.85. The lowest BCUT2D eigenvalue weighted by Crippen LogP contribution is -2.34. The highest BCUT2D eigenvalue weighted by Crippen LogP contribution is 2.32. The van der Waals surface area contributed by atoms with Crippen LogP contribution in [0, 0.1) is 11.6 Å². The van der Waals surface area contributed by atoms with Gasteiger partial charge in [0, 0.05) is 37.0 Å². The minimum absolute atomic E-state index is 0.0167. The topological polar surface area (TPSA) is 92.5 Å². The predicted molar refractivity (Wildman–Crippen MR) is 129 cm³/mol. The van der Waals surface area contributed by atoms with Gasteiger partial charge >= 0.3 is 12.0 Å². The summed E-state index contributed by atoms with van der Waals surface area (Å²) >= 11 is 0. The molecule has 5 rings (SSSR count). The van der Waals surface area contributed by atoms with E-state index >= 15 is 8.78 Å². The van der Waals surface area contributed by atoms with Gasteiger partial charge in [0.1, 0.15) is 23.2 Å². The maximum atomic E-state index is 15.2. The van der Waals surface area contributed by atoms with Gasteiger partial charge in [0.15, 0.2) is 17.4 Å². The molecule has 2 aromatic carbocycles. The lowest BCUT2D eigenvalue weighted by molar-refractivity contribution is -0.117. The number of cyclic esters (lactones) is 1. The second-order valence-corrected chi connectivity index (χ2v) is 8.99. The molecular formula is C26H25F2N3O6. The van der Waals surface area contributed by atoms with Crippen molar-refractivity contribution in [3.05, 3.63) is 59.9 Å². The molecule has 0 N–H and O–H groups in total. The first-order chi connectivity index (χ1) is 17.8. The van der Waals surface area contributed by atoms with Crippen LogP contribution in [-0.4, -0.2) is 61.7 Å². The smallest absolute Gasteiger partial charge is 0.414 e. The van der Waals surface area contributed by atoms with Crippen molar-refractivity contribution in [3.63, 3.8) is 0 Å². The van der Waals surface area contributed by atoms with Crippen molar-refractivity contribution in [1.29, 1.82) is 0 Å². The number of nitrogens with zero attached hydrogens (tertiary/aromatic N) is 3. The monoisotopic (exact) mass is 513 g/mol. The largest absolute Gasteiger partial charge is 0.451 e. The fourth-order valence-electron chi connectivity index (χ4n) is 4.50. The molecule has 0 radical (unpaired) electrons. The van der Waals surface area contributed by atoms with Gasteiger partial charge in [-0.05, 0) is 25.5 Å². The lowest BCUT2D eigenvalue weighted by atomic mass is 10.1. The Kier molecular flexibility index (Phi) is 6.79. The van der Waals surface area contributed by atoms with E-state index in [1.165, 1.54) is 11.8 Å². The predicted octanol–water partition coefficient (Wildman–Crippen LogP) is 4.30. The van der Waals surface area contributed by atoms with Gasteiger partial charge in [0.25, 0.3) is 0 Å². The van der Waals surface area contributed by atoms with Gasteiger partial charge in [-0.3, -0.25) is 14.5 Å². The first kappa shape index (κ1) is 24.7. The van der Waals surface area contributed by atoms with E-state index in [1.807, 2.05) is 12.1 Å². The van der Waals surface area contributed by atoms with E-state index < -0.39 is 29.7 Å². The fraction of sp³-hybridized carbons (Fsp3) is 0.346. The van der Waals surface area contributed by atoms with Gasteiger partial charge in [-0.15, -0.1) is 0 Å². The maximum absolute atomic E-state index is 15.2. The van der Waals surface area contributed by atoms with Gasteiger partial charge in [-0.25, -0.2) is 18.6 Å². The van der Waals surface area contributed by atoms with Crippen molar-refractivity contribution in [2.75, 3.05) is 42.6 Å². The summed E-state index contributed by atoms with van der Waals surface area (Å²) in [5.41, 5.74) is 0.325. The molecule has 0 spiro atoms. The Morgan fingerprint density at radius 1 is 1.05 bits per heavy atom. The SMILES string of the molecule is CC(=O)CC[C@H]1CN(c2cc(F)c(N3CCON(C(=O)c4cc5ccccc5o4)CC3)c(F)c2)C(=O)O1. The quantitative estimate of drug-likeness (QED) is 0.485. The molecule has 3 heterocycles. The third-order valence-corrected chi connectivity index (χ3v) is 6.37. The lowest BCUT2D eigenvalue weighted by Gasteiger charge is -2.24. The van der Waals surface area contributed by atoms with E-state index in [1.54, 1.807) is 18.2 Å². The van der Waals surface area contributed by atoms with E-state index in [4.69, 9.17) is 14.0 Å². The van der Waals surface area contributed by atoms with Crippen molar-refractivity contribution in [2.45, 2.75) is 25.9 Å². The average Bonchev–Trinajstić information content (AvgIpc) is 3.38. The van der Waals surface area contributed by atoms with Crippen LogP contribution in [0.25, 0.3) is 11.0 Å². The average molecular weight is 513 g/mol. The van der Waals surface area contributed by atoms with Crippen molar-refractivity contribution in [2.24, 2.45) is 0 Å². The number of furan rings is 1. The van der Waals surface area contributed by atoms with E-state index in [2.05, 4.69) is 0 Å². The van der Waals surface area contributed by atoms with Gasteiger partial charge in [0.2, 0.25) is 0 Å². The molecular weight excluding hydrogens is 488 g/mol. The fourth-order valence-corrected chi connectivity index (χ4v) is 4.50. The van der Waals surface area contributed by atoms with Crippen molar-refractivity contribution < 1.29 is 37.2 Å². The number of amides is 2. The van der Waals surface area contributed by atoms with E-state index in [9.17, 15) is 14.4 Å². The number of ketones is 1. The minimum atomic E-state index is -0.855. The molecule has 2 aliphatic heterocycles. The van der Waals surface area contributed by atoms with Gasteiger partial charge < -0.3 is 18.8 Å². The zero-order valence-electron chi connectivity index (χ0n) is 20.1. The zero-order valence-corrected chi connectivity index (χ0v) is 20.1. The Morgan fingerprint density at radius 3 is 2.54 bits per heavy atom. The number of carbonyl (C=O) groups excluding carboxylic acids is 3. The zero-order chi connectivity index (χ0) is 26.1. The highest BCUT2D eigenvalue weighted by atomic mass is 19.1. The summed E-state index contributed by atoms with van der Waals surface area (Å²) in [5, 5.41) is 1.90. The summed E-state index contributed by atoms with van der Waals surface area (Å²) in [7, 11) is 0. The standard InChI is InChI=1S/C26H25F2N3O6/c1-16(32)6-7-19-15-30(26(34)36-19)18-13-20(27)24(21(28)14-18)29-8-9-31(35-11-10-29)25(33)23-12-17-4-2-3-5-22(17)37-23/h2-5,12-14,19H,6-11,15H2,1H3/t19-/m0/s1. The Hall–Kier alpha value is -3.99. The second kappa shape index (κ2) is 10.2. The summed E-state index contributed by atoms with van der Waals surface area (Å²) < 4.78 is 41.2. The van der Waals surface area contributed by atoms with Crippen LogP contribution in [0.3, 0.4) is 0 Å². The molecule has 1 aromatic heterocycles. The molecule has 1 atom stereocenters. The molecule has 0 unspecified atom stereocenters. The number of benzene rings is 2. The van der Waals surface area contributed by atoms with Crippen LogP contribution < -0.4 is 9.80 Å². The Bertz CT molecular complexity index is 1300. The molecule has 194 valence electrons. The number of carbonyl (C=O) groups is 3. The number of anilines is 2. The number of hydroxylamine groups is 2. The molecule has 2 saturated heterocycles. The highest BCUT2D eigenvalue weighted by Gasteiger charge is 2.34. The molecule has 0 bridgehead atoms. The van der Waals surface area contributed by atoms with E-state index in [-0.39, 0.29) is 62.1 Å². The van der Waals surface area contributed by atoms with Gasteiger partial charge in [-0.1, -0.05) is 18.2 Å². The highest BCUT2D eigenvalue weighted by molar-refractivity contribution is 5.95. The molecule has 0 saturated carbocycles. The van der Waals surface area contributed by atoms with Crippen LogP contribution in [-0.2, 0) is 14.4 Å². The number of Topliss-reactive ketones (excluding diaryl/α,β-unsaturated/α-hetero) is 1. The second-order valence-electron chi connectivity index (χ2n) is 8.99. The molecule has 11 heteroatoms.